The second-order valence-electron chi connectivity index (χ2n) is 7.28. The number of aromatic amines is 2. The summed E-state index contributed by atoms with van der Waals surface area (Å²) in [6.45, 7) is 3.27. The number of nitrogens with zero attached hydrogens (tertiary/aromatic N) is 5. The van der Waals surface area contributed by atoms with Crippen LogP contribution in [0.25, 0.3) is 44.7 Å². The number of ketones is 1. The number of aromatic nitrogens is 7. The van der Waals surface area contributed by atoms with E-state index in [2.05, 4.69) is 40.4 Å². The first-order valence-corrected chi connectivity index (χ1v) is 9.98. The maximum atomic E-state index is 11.9. The topological polar surface area (TPSA) is 142 Å². The summed E-state index contributed by atoms with van der Waals surface area (Å²) in [7, 11) is 0. The number of Topliss-reactive ketones (excluding diaryl/α,β-unsaturated/α-hetero) is 1. The van der Waals surface area contributed by atoms with E-state index >= 15 is 0 Å². The number of nitrogens with one attached hydrogen (secondary N) is 3. The van der Waals surface area contributed by atoms with Gasteiger partial charge in [0.1, 0.15) is 11.2 Å². The zero-order chi connectivity index (χ0) is 22.2. The van der Waals surface area contributed by atoms with Crippen molar-refractivity contribution in [3.8, 4) is 22.6 Å². The first-order valence-electron chi connectivity index (χ1n) is 9.98. The highest BCUT2D eigenvalue weighted by atomic mass is 16.1. The van der Waals surface area contributed by atoms with Gasteiger partial charge < -0.3 is 10.3 Å². The summed E-state index contributed by atoms with van der Waals surface area (Å²) < 4.78 is 0. The van der Waals surface area contributed by atoms with Crippen molar-refractivity contribution >= 4 is 39.4 Å². The van der Waals surface area contributed by atoms with Crippen LogP contribution in [0.4, 0.5) is 5.69 Å². The third-order valence-corrected chi connectivity index (χ3v) is 5.10. The number of amides is 1. The average Bonchev–Trinajstić information content (AvgIpc) is 3.42. The zero-order valence-corrected chi connectivity index (χ0v) is 17.3. The van der Waals surface area contributed by atoms with Crippen molar-refractivity contribution in [1.82, 2.24) is 35.1 Å². The Kier molecular flexibility index (Phi) is 4.66. The average molecular weight is 426 g/mol. The Morgan fingerprint density at radius 2 is 1.84 bits per heavy atom. The number of fused-ring (bicyclic) bond motifs is 2. The fraction of sp³-hybridized carbons (Fsp3) is 0.136. The van der Waals surface area contributed by atoms with Gasteiger partial charge in [0.05, 0.1) is 34.5 Å². The smallest absolute Gasteiger partial charge is 0.224 e. The van der Waals surface area contributed by atoms with Crippen LogP contribution in [0, 0.1) is 0 Å². The van der Waals surface area contributed by atoms with Gasteiger partial charge in [-0.15, -0.1) is 0 Å². The molecular weight excluding hydrogens is 408 g/mol. The summed E-state index contributed by atoms with van der Waals surface area (Å²) in [4.78, 5) is 44.2. The molecule has 0 atom stereocenters. The van der Waals surface area contributed by atoms with Crippen molar-refractivity contribution in [2.45, 2.75) is 20.3 Å². The molecule has 5 heterocycles. The number of anilines is 1. The number of carbonyl (C=O) groups excluding carboxylic acids is 2. The molecule has 0 saturated carbocycles. The van der Waals surface area contributed by atoms with E-state index in [1.165, 1.54) is 13.1 Å². The fourth-order valence-corrected chi connectivity index (χ4v) is 3.46. The predicted octanol–water partition coefficient (Wildman–Crippen LogP) is 3.51. The zero-order valence-electron chi connectivity index (χ0n) is 17.3. The molecule has 0 spiro atoms. The van der Waals surface area contributed by atoms with Crippen molar-refractivity contribution in [2.75, 3.05) is 5.32 Å². The number of rotatable bonds is 5. The maximum absolute atomic E-state index is 11.9. The fourth-order valence-electron chi connectivity index (χ4n) is 3.46. The van der Waals surface area contributed by atoms with Crippen molar-refractivity contribution in [2.24, 2.45) is 0 Å². The van der Waals surface area contributed by atoms with Crippen molar-refractivity contribution < 1.29 is 9.59 Å². The van der Waals surface area contributed by atoms with Crippen LogP contribution in [0.15, 0.2) is 43.1 Å². The van der Waals surface area contributed by atoms with E-state index in [0.29, 0.717) is 45.9 Å². The third kappa shape index (κ3) is 3.37. The molecule has 0 aliphatic carbocycles. The summed E-state index contributed by atoms with van der Waals surface area (Å²) in [6.07, 6.45) is 8.53. The van der Waals surface area contributed by atoms with Crippen molar-refractivity contribution in [3.05, 3.63) is 48.7 Å². The van der Waals surface area contributed by atoms with E-state index in [9.17, 15) is 9.59 Å². The second-order valence-corrected chi connectivity index (χ2v) is 7.28. The molecule has 0 bridgehead atoms. The number of hydrogen-bond donors (Lipinski definition) is 3. The van der Waals surface area contributed by atoms with Gasteiger partial charge in [0.2, 0.25) is 5.91 Å². The molecule has 0 saturated heterocycles. The molecule has 5 aromatic rings. The molecule has 0 aromatic carbocycles. The lowest BCUT2D eigenvalue weighted by molar-refractivity contribution is -0.115. The van der Waals surface area contributed by atoms with Crippen LogP contribution < -0.4 is 5.32 Å². The van der Waals surface area contributed by atoms with Gasteiger partial charge in [-0.05, 0) is 19.1 Å². The molecule has 0 fully saturated rings. The highest BCUT2D eigenvalue weighted by molar-refractivity contribution is 6.05. The van der Waals surface area contributed by atoms with Crippen LogP contribution in [-0.4, -0.2) is 46.8 Å². The number of hydrogen-bond acceptors (Lipinski definition) is 7. The highest BCUT2D eigenvalue weighted by Crippen LogP contribution is 2.30. The van der Waals surface area contributed by atoms with Gasteiger partial charge in [-0.2, -0.15) is 5.10 Å². The van der Waals surface area contributed by atoms with E-state index in [-0.39, 0.29) is 11.7 Å². The van der Waals surface area contributed by atoms with Crippen molar-refractivity contribution in [1.29, 1.82) is 0 Å². The number of pyridine rings is 3. The highest BCUT2D eigenvalue weighted by Gasteiger charge is 2.17. The van der Waals surface area contributed by atoms with Gasteiger partial charge in [-0.25, -0.2) is 9.97 Å². The van der Waals surface area contributed by atoms with Crippen LogP contribution in [0.2, 0.25) is 0 Å². The Hall–Kier alpha value is -4.47. The van der Waals surface area contributed by atoms with E-state index in [1.807, 2.05) is 12.1 Å². The van der Waals surface area contributed by atoms with Crippen LogP contribution in [0.1, 0.15) is 30.6 Å². The SMILES string of the molecule is CCC(=O)Nc1cncc(-c2cnc3n[nH]c(-c4nc5c(C(C)=O)cncc5[nH]4)c3c2)c1. The lowest BCUT2D eigenvalue weighted by Gasteiger charge is -2.06. The number of H-pyrrole nitrogens is 2. The van der Waals surface area contributed by atoms with Crippen LogP contribution in [-0.2, 0) is 4.79 Å². The number of imidazole rings is 1. The first kappa shape index (κ1) is 19.5. The van der Waals surface area contributed by atoms with E-state index < -0.39 is 0 Å². The summed E-state index contributed by atoms with van der Waals surface area (Å²) in [6, 6.07) is 3.77. The third-order valence-electron chi connectivity index (χ3n) is 5.10. The minimum Gasteiger partial charge on any atom is -0.335 e. The first-order chi connectivity index (χ1) is 15.5. The van der Waals surface area contributed by atoms with Crippen LogP contribution in [0.5, 0.6) is 0 Å². The predicted molar refractivity (Wildman–Crippen MR) is 119 cm³/mol. The molecule has 158 valence electrons. The molecular formula is C22H18N8O2. The molecule has 0 aliphatic heterocycles. The molecule has 0 unspecified atom stereocenters. The Labute approximate surface area is 181 Å². The normalized spacial score (nSPS) is 11.2. The molecule has 5 aromatic heterocycles. The van der Waals surface area contributed by atoms with Gasteiger partial charge in [-0.1, -0.05) is 6.92 Å². The van der Waals surface area contributed by atoms with Gasteiger partial charge in [-0.3, -0.25) is 24.7 Å². The monoisotopic (exact) mass is 426 g/mol. The maximum Gasteiger partial charge on any atom is 0.224 e. The number of carbonyl (C=O) groups is 2. The molecule has 0 aliphatic rings. The minimum absolute atomic E-state index is 0.0843. The molecule has 5 rings (SSSR count). The molecule has 10 heteroatoms. The summed E-state index contributed by atoms with van der Waals surface area (Å²) in [5.41, 5.74) is 5.05. The molecule has 32 heavy (non-hydrogen) atoms. The minimum atomic E-state index is -0.109. The van der Waals surface area contributed by atoms with Gasteiger partial charge in [0, 0.05) is 36.1 Å². The molecule has 10 nitrogen and oxygen atoms in total. The largest absolute Gasteiger partial charge is 0.335 e. The van der Waals surface area contributed by atoms with Crippen molar-refractivity contribution in [3.63, 3.8) is 0 Å². The van der Waals surface area contributed by atoms with E-state index in [0.717, 1.165) is 16.5 Å². The molecule has 1 amide bonds. The summed E-state index contributed by atoms with van der Waals surface area (Å²) in [5, 5.41) is 10.8. The van der Waals surface area contributed by atoms with Crippen LogP contribution >= 0.6 is 0 Å². The van der Waals surface area contributed by atoms with Gasteiger partial charge in [0.15, 0.2) is 17.3 Å². The lowest BCUT2D eigenvalue weighted by atomic mass is 10.1. The lowest BCUT2D eigenvalue weighted by Crippen LogP contribution is -2.09. The van der Waals surface area contributed by atoms with Gasteiger partial charge >= 0.3 is 0 Å². The Morgan fingerprint density at radius 3 is 2.66 bits per heavy atom. The second kappa shape index (κ2) is 7.65. The molecule has 3 N–H and O–H groups in total. The summed E-state index contributed by atoms with van der Waals surface area (Å²) in [5.74, 6) is 0.333. The molecule has 0 radical (unpaired) electrons. The standard InChI is InChI=1S/C22H18N8O2/c1-3-18(32)26-14-4-12(6-23-8-14)13-5-15-20(29-30-21(15)25-7-13)22-27-17-10-24-9-16(11(2)31)19(17)28-22/h4-10H,3H2,1-2H3,(H,26,32)(H,27,28)(H,25,29,30). The quantitative estimate of drug-likeness (QED) is 0.365. The Morgan fingerprint density at radius 1 is 1.03 bits per heavy atom. The van der Waals surface area contributed by atoms with E-state index in [4.69, 9.17) is 0 Å². The Bertz CT molecular complexity index is 1500. The summed E-state index contributed by atoms with van der Waals surface area (Å²) >= 11 is 0. The van der Waals surface area contributed by atoms with Crippen LogP contribution in [0.3, 0.4) is 0 Å². The van der Waals surface area contributed by atoms with Gasteiger partial charge in [0.25, 0.3) is 0 Å². The Balaban J connectivity index is 1.59. The van der Waals surface area contributed by atoms with E-state index in [1.54, 1.807) is 31.7 Å².